The van der Waals surface area contributed by atoms with E-state index < -0.39 is 49.8 Å². The molecule has 2 aliphatic heterocycles. The Hall–Kier alpha value is -3.15. The van der Waals surface area contributed by atoms with Crippen molar-refractivity contribution in [3.8, 4) is 17.2 Å². The summed E-state index contributed by atoms with van der Waals surface area (Å²) in [4.78, 5) is 37.2. The Labute approximate surface area is 279 Å². The predicted octanol–water partition coefficient (Wildman–Crippen LogP) is 4.23. The number of carbonyl (C=O) groups excluding carboxylic acids is 2. The zero-order valence-electron chi connectivity index (χ0n) is 23.9. The van der Waals surface area contributed by atoms with E-state index in [4.69, 9.17) is 11.6 Å². The van der Waals surface area contributed by atoms with Crippen LogP contribution in [0.5, 0.6) is 0 Å². The first kappa shape index (κ1) is 33.2. The van der Waals surface area contributed by atoms with Gasteiger partial charge in [0.2, 0.25) is 11.8 Å². The maximum atomic E-state index is 15.1. The summed E-state index contributed by atoms with van der Waals surface area (Å²) in [5, 5.41) is 14.1. The number of likely N-dealkylation sites (tertiary alicyclic amines) is 1. The van der Waals surface area contributed by atoms with Gasteiger partial charge < -0.3 is 10.2 Å². The molecule has 0 bridgehead atoms. The van der Waals surface area contributed by atoms with E-state index in [1.54, 1.807) is 24.4 Å². The van der Waals surface area contributed by atoms with Crippen molar-refractivity contribution in [2.45, 2.75) is 59.9 Å². The molecule has 3 atom stereocenters. The summed E-state index contributed by atoms with van der Waals surface area (Å²) in [7, 11) is -4.16. The molecule has 236 valence electrons. The first-order valence-corrected chi connectivity index (χ1v) is 16.7. The van der Waals surface area contributed by atoms with E-state index in [0.717, 1.165) is 11.3 Å². The molecule has 10 nitrogen and oxygen atoms in total. The van der Waals surface area contributed by atoms with Crippen LogP contribution < -0.4 is 10.6 Å². The molecule has 3 aliphatic rings. The average Bonchev–Trinajstić information content (AvgIpc) is 3.57. The van der Waals surface area contributed by atoms with Gasteiger partial charge in [-0.15, -0.1) is 12.4 Å². The number of pyridine rings is 2. The van der Waals surface area contributed by atoms with Crippen LogP contribution in [-0.4, -0.2) is 65.0 Å². The number of carbonyl (C=O) groups is 2. The van der Waals surface area contributed by atoms with Gasteiger partial charge >= 0.3 is 0 Å². The summed E-state index contributed by atoms with van der Waals surface area (Å²) in [6, 6.07) is 10.3. The number of nitriles is 1. The summed E-state index contributed by atoms with van der Waals surface area (Å²) in [5.41, 5.74) is -0.445. The smallest absolute Gasteiger partial charge is 0.250 e. The number of amides is 2. The third-order valence-corrected chi connectivity index (χ3v) is 11.6. The predicted molar refractivity (Wildman–Crippen MR) is 170 cm³/mol. The lowest BCUT2D eigenvalue weighted by Crippen LogP contribution is -2.66. The monoisotopic (exact) mass is 736 g/mol. The molecule has 2 amide bonds. The fraction of sp³-hybridized carbons (Fsp3) is 0.367. The summed E-state index contributed by atoms with van der Waals surface area (Å²) in [5.74, 6) is -2.02. The molecule has 0 spiro atoms. The third-order valence-electron chi connectivity index (χ3n) is 8.56. The van der Waals surface area contributed by atoms with Crippen molar-refractivity contribution in [1.29, 1.82) is 5.26 Å². The molecule has 1 aromatic carbocycles. The van der Waals surface area contributed by atoms with Crippen LogP contribution in [-0.2, 0) is 25.0 Å². The van der Waals surface area contributed by atoms with Crippen molar-refractivity contribution in [2.75, 3.05) is 13.1 Å². The highest BCUT2D eigenvalue weighted by atomic mass is 79.9. The highest BCUT2D eigenvalue weighted by Crippen LogP contribution is 2.41. The minimum atomic E-state index is -4.16. The summed E-state index contributed by atoms with van der Waals surface area (Å²) >= 11 is 9.73. The summed E-state index contributed by atoms with van der Waals surface area (Å²) in [6.07, 6.45) is 3.90. The number of aromatic nitrogens is 2. The zero-order valence-corrected chi connectivity index (χ0v) is 27.9. The molecule has 4 heterocycles. The highest BCUT2D eigenvalue weighted by Gasteiger charge is 2.56. The number of sulfone groups is 1. The normalized spacial score (nSPS) is 23.3. The Kier molecular flexibility index (Phi) is 9.02. The maximum Gasteiger partial charge on any atom is 0.250 e. The van der Waals surface area contributed by atoms with Crippen LogP contribution >= 0.6 is 39.9 Å². The fourth-order valence-corrected chi connectivity index (χ4v) is 8.40. The van der Waals surface area contributed by atoms with Crippen molar-refractivity contribution in [3.63, 3.8) is 0 Å². The van der Waals surface area contributed by atoms with Crippen LogP contribution in [0.25, 0.3) is 11.1 Å². The lowest BCUT2D eigenvalue weighted by atomic mass is 9.82. The minimum absolute atomic E-state index is 0. The van der Waals surface area contributed by atoms with Crippen molar-refractivity contribution >= 4 is 61.6 Å². The molecular formula is C30H28BrCl2FN6O4S. The Morgan fingerprint density at radius 1 is 1.18 bits per heavy atom. The Bertz CT molecular complexity index is 1850. The Balaban J connectivity index is 0.00000400. The molecule has 6 rings (SSSR count). The van der Waals surface area contributed by atoms with E-state index in [2.05, 4.69) is 42.6 Å². The Morgan fingerprint density at radius 2 is 1.89 bits per heavy atom. The van der Waals surface area contributed by atoms with Crippen LogP contribution in [0.2, 0.25) is 5.02 Å². The molecule has 2 N–H and O–H groups in total. The van der Waals surface area contributed by atoms with E-state index in [0.29, 0.717) is 29.4 Å². The van der Waals surface area contributed by atoms with Gasteiger partial charge in [0, 0.05) is 29.1 Å². The van der Waals surface area contributed by atoms with Gasteiger partial charge in [-0.3, -0.25) is 24.9 Å². The quantitative estimate of drug-likeness (QED) is 0.367. The van der Waals surface area contributed by atoms with Gasteiger partial charge in [0.25, 0.3) is 0 Å². The second-order valence-electron chi connectivity index (χ2n) is 11.5. The second-order valence-corrected chi connectivity index (χ2v) is 15.0. The van der Waals surface area contributed by atoms with E-state index in [-0.39, 0.29) is 47.4 Å². The Morgan fingerprint density at radius 3 is 2.47 bits per heavy atom. The SMILES string of the molecule is Cc1cc(-c2ccc(S(=O)(=O)[C@@H]3C[C@@H](C(=O)NC4(C#N)CC4)N(C(=O)C4(c5ncc(Br)cc5F)CCN4)C3)c(Cl)c2)ccn1.Cl. The van der Waals surface area contributed by atoms with Gasteiger partial charge in [0.1, 0.15) is 28.6 Å². The molecule has 3 fully saturated rings. The molecule has 1 saturated carbocycles. The standard InChI is InChI=1S/C30H27BrClFN6O4S.ClH/c1-17-10-19(4-8-35-17)18-2-3-25(22(32)11-18)44(42,43)21-13-24(27(40)38-29(16-34)5-6-29)39(15-21)28(41)30(7-9-37-30)26-23(33)12-20(31)14-36-26;/h2-4,8,10-12,14,21,24,37H,5-7,9,13,15H2,1H3,(H,38,40);1H/t21-,24+,30?;/m1./s1. The molecule has 45 heavy (non-hydrogen) atoms. The molecular weight excluding hydrogens is 710 g/mol. The van der Waals surface area contributed by atoms with E-state index in [1.807, 2.05) is 13.0 Å². The molecule has 1 aliphatic carbocycles. The fourth-order valence-electron chi connectivity index (χ4n) is 5.85. The number of nitrogens with zero attached hydrogens (tertiary/aromatic N) is 4. The second kappa shape index (κ2) is 12.2. The van der Waals surface area contributed by atoms with E-state index in [9.17, 15) is 23.3 Å². The van der Waals surface area contributed by atoms with Gasteiger partial charge in [-0.2, -0.15) is 5.26 Å². The van der Waals surface area contributed by atoms with Crippen LogP contribution in [0.3, 0.4) is 0 Å². The maximum absolute atomic E-state index is 15.1. The first-order chi connectivity index (χ1) is 20.9. The summed E-state index contributed by atoms with van der Waals surface area (Å²) < 4.78 is 43.6. The van der Waals surface area contributed by atoms with Gasteiger partial charge in [0.05, 0.1) is 21.2 Å². The molecule has 2 saturated heterocycles. The van der Waals surface area contributed by atoms with E-state index in [1.165, 1.54) is 23.2 Å². The number of benzene rings is 1. The molecule has 3 aromatic rings. The lowest BCUT2D eigenvalue weighted by Gasteiger charge is -2.44. The van der Waals surface area contributed by atoms with Crippen molar-refractivity contribution in [1.82, 2.24) is 25.5 Å². The number of nitrogens with one attached hydrogen (secondary N) is 2. The largest absolute Gasteiger partial charge is 0.336 e. The third kappa shape index (κ3) is 5.94. The number of hydrogen-bond donors (Lipinski definition) is 2. The molecule has 15 heteroatoms. The molecule has 2 aromatic heterocycles. The van der Waals surface area contributed by atoms with Crippen LogP contribution in [0, 0.1) is 24.1 Å². The van der Waals surface area contributed by atoms with Crippen LogP contribution in [0.15, 0.2) is 58.2 Å². The van der Waals surface area contributed by atoms with Crippen LogP contribution in [0.4, 0.5) is 4.39 Å². The number of halogens is 4. The molecule has 1 unspecified atom stereocenters. The zero-order chi connectivity index (χ0) is 31.4. The number of hydrogen-bond acceptors (Lipinski definition) is 8. The van der Waals surface area contributed by atoms with Crippen molar-refractivity contribution < 1.29 is 22.4 Å². The topological polar surface area (TPSA) is 145 Å². The van der Waals surface area contributed by atoms with Crippen LogP contribution in [0.1, 0.15) is 37.1 Å². The number of rotatable bonds is 7. The first-order valence-electron chi connectivity index (χ1n) is 14.0. The van der Waals surface area contributed by atoms with Gasteiger partial charge in [-0.05, 0) is 96.5 Å². The van der Waals surface area contributed by atoms with Crippen molar-refractivity contribution in [2.24, 2.45) is 0 Å². The highest BCUT2D eigenvalue weighted by molar-refractivity contribution is 9.10. The van der Waals surface area contributed by atoms with Gasteiger partial charge in [-0.1, -0.05) is 17.7 Å². The minimum Gasteiger partial charge on any atom is -0.336 e. The van der Waals surface area contributed by atoms with Gasteiger partial charge in [0.15, 0.2) is 9.84 Å². The average molecular weight is 738 g/mol. The number of aryl methyl sites for hydroxylation is 1. The summed E-state index contributed by atoms with van der Waals surface area (Å²) in [6.45, 7) is 1.91. The van der Waals surface area contributed by atoms with Crippen molar-refractivity contribution in [3.05, 3.63) is 75.5 Å². The van der Waals surface area contributed by atoms with E-state index >= 15 is 4.39 Å². The van der Waals surface area contributed by atoms with Gasteiger partial charge in [-0.25, -0.2) is 12.8 Å². The lowest BCUT2D eigenvalue weighted by molar-refractivity contribution is -0.147. The molecule has 0 radical (unpaired) electrons.